The van der Waals surface area contributed by atoms with E-state index in [4.69, 9.17) is 17.3 Å². The molecule has 0 radical (unpaired) electrons. The van der Waals surface area contributed by atoms with E-state index < -0.39 is 0 Å². The summed E-state index contributed by atoms with van der Waals surface area (Å²) in [6, 6.07) is 4.83. The molecule has 0 spiro atoms. The van der Waals surface area contributed by atoms with Crippen LogP contribution in [0.1, 0.15) is 18.9 Å². The van der Waals surface area contributed by atoms with E-state index in [-0.39, 0.29) is 23.6 Å². The molecule has 2 rings (SSSR count). The largest absolute Gasteiger partial charge is 0.330 e. The molecule has 0 aromatic heterocycles. The second-order valence-corrected chi connectivity index (χ2v) is 5.58. The van der Waals surface area contributed by atoms with Crippen molar-refractivity contribution in [2.24, 2.45) is 11.1 Å². The first kappa shape index (κ1) is 15.7. The van der Waals surface area contributed by atoms with E-state index >= 15 is 0 Å². The van der Waals surface area contributed by atoms with Crippen LogP contribution in [-0.4, -0.2) is 24.5 Å². The molecule has 102 valence electrons. The third-order valence-corrected chi connectivity index (χ3v) is 3.93. The van der Waals surface area contributed by atoms with Gasteiger partial charge in [0, 0.05) is 23.7 Å². The lowest BCUT2D eigenvalue weighted by atomic mass is 9.90. The van der Waals surface area contributed by atoms with Gasteiger partial charge in [0.15, 0.2) is 0 Å². The molecule has 0 aliphatic carbocycles. The highest BCUT2D eigenvalue weighted by molar-refractivity contribution is 6.31. The van der Waals surface area contributed by atoms with Gasteiger partial charge in [-0.2, -0.15) is 0 Å². The van der Waals surface area contributed by atoms with Gasteiger partial charge < -0.3 is 5.73 Å². The van der Waals surface area contributed by atoms with Crippen LogP contribution in [0.3, 0.4) is 0 Å². The highest BCUT2D eigenvalue weighted by Gasteiger charge is 2.32. The predicted molar refractivity (Wildman–Crippen MR) is 75.7 cm³/mol. The second kappa shape index (κ2) is 6.20. The number of nitrogens with zero attached hydrogens (tertiary/aromatic N) is 1. The van der Waals surface area contributed by atoms with Gasteiger partial charge >= 0.3 is 0 Å². The zero-order valence-electron chi connectivity index (χ0n) is 10.5. The van der Waals surface area contributed by atoms with Crippen molar-refractivity contribution < 1.29 is 4.39 Å². The molecular weight excluding hydrogens is 274 g/mol. The summed E-state index contributed by atoms with van der Waals surface area (Å²) in [4.78, 5) is 2.22. The number of hydrogen-bond acceptors (Lipinski definition) is 2. The van der Waals surface area contributed by atoms with Gasteiger partial charge in [0.2, 0.25) is 0 Å². The second-order valence-electron chi connectivity index (χ2n) is 5.18. The molecule has 1 aliphatic heterocycles. The van der Waals surface area contributed by atoms with E-state index in [1.165, 1.54) is 6.07 Å². The molecule has 1 atom stereocenters. The zero-order chi connectivity index (χ0) is 12.5. The Balaban J connectivity index is 0.00000162. The third kappa shape index (κ3) is 3.35. The van der Waals surface area contributed by atoms with E-state index in [2.05, 4.69) is 11.8 Å². The van der Waals surface area contributed by atoms with Crippen LogP contribution in [0.4, 0.5) is 4.39 Å². The van der Waals surface area contributed by atoms with Crippen molar-refractivity contribution in [2.75, 3.05) is 19.6 Å². The van der Waals surface area contributed by atoms with Crippen molar-refractivity contribution in [2.45, 2.75) is 19.9 Å². The van der Waals surface area contributed by atoms with Gasteiger partial charge in [-0.15, -0.1) is 12.4 Å². The van der Waals surface area contributed by atoms with Crippen molar-refractivity contribution in [1.29, 1.82) is 0 Å². The first-order chi connectivity index (χ1) is 8.04. The fourth-order valence-electron chi connectivity index (χ4n) is 2.33. The summed E-state index contributed by atoms with van der Waals surface area (Å²) in [7, 11) is 0. The van der Waals surface area contributed by atoms with Gasteiger partial charge in [-0.1, -0.05) is 24.6 Å². The summed E-state index contributed by atoms with van der Waals surface area (Å²) in [6.07, 6.45) is 1.07. The first-order valence-corrected chi connectivity index (χ1v) is 6.27. The van der Waals surface area contributed by atoms with E-state index in [9.17, 15) is 4.39 Å². The van der Waals surface area contributed by atoms with Crippen LogP contribution in [-0.2, 0) is 6.54 Å². The number of benzene rings is 1. The average molecular weight is 293 g/mol. The highest BCUT2D eigenvalue weighted by Crippen LogP contribution is 2.31. The first-order valence-electron chi connectivity index (χ1n) is 5.89. The van der Waals surface area contributed by atoms with Crippen LogP contribution >= 0.6 is 24.0 Å². The molecule has 1 heterocycles. The normalized spacial score (nSPS) is 24.0. The molecule has 0 saturated carbocycles. The standard InChI is InChI=1S/C13H18ClFN2.ClH/c1-13(8-16)5-6-17(9-13)7-10-11(14)3-2-4-12(10)15;/h2-4H,5-9,16H2,1H3;1H. The Hall–Kier alpha value is -0.350. The van der Waals surface area contributed by atoms with Gasteiger partial charge in [-0.3, -0.25) is 4.90 Å². The smallest absolute Gasteiger partial charge is 0.129 e. The molecule has 2 nitrogen and oxygen atoms in total. The summed E-state index contributed by atoms with van der Waals surface area (Å²) in [5.74, 6) is -0.223. The Morgan fingerprint density at radius 3 is 2.78 bits per heavy atom. The number of nitrogens with two attached hydrogens (primary N) is 1. The Morgan fingerprint density at radius 2 is 2.22 bits per heavy atom. The summed E-state index contributed by atoms with van der Waals surface area (Å²) in [5.41, 5.74) is 6.51. The van der Waals surface area contributed by atoms with Gasteiger partial charge in [0.05, 0.1) is 0 Å². The van der Waals surface area contributed by atoms with Gasteiger partial charge in [0.1, 0.15) is 5.82 Å². The monoisotopic (exact) mass is 292 g/mol. The topological polar surface area (TPSA) is 29.3 Å². The quantitative estimate of drug-likeness (QED) is 0.928. The minimum Gasteiger partial charge on any atom is -0.330 e. The van der Waals surface area contributed by atoms with E-state index in [0.29, 0.717) is 23.7 Å². The number of halogens is 3. The number of hydrogen-bond donors (Lipinski definition) is 1. The molecule has 2 N–H and O–H groups in total. The molecule has 1 unspecified atom stereocenters. The SMILES string of the molecule is CC1(CN)CCN(Cc2c(F)cccc2Cl)C1.Cl. The molecule has 5 heteroatoms. The Labute approximate surface area is 119 Å². The van der Waals surface area contributed by atoms with E-state index in [1.807, 2.05) is 0 Å². The predicted octanol–water partition coefficient (Wildman–Crippen LogP) is 3.07. The lowest BCUT2D eigenvalue weighted by Gasteiger charge is -2.23. The third-order valence-electron chi connectivity index (χ3n) is 3.57. The van der Waals surface area contributed by atoms with Crippen LogP contribution in [0.2, 0.25) is 5.02 Å². The highest BCUT2D eigenvalue weighted by atomic mass is 35.5. The Kier molecular flexibility index (Phi) is 5.41. The van der Waals surface area contributed by atoms with E-state index in [1.54, 1.807) is 12.1 Å². The molecule has 1 aromatic carbocycles. The molecule has 0 amide bonds. The molecular formula is C13H19Cl2FN2. The van der Waals surface area contributed by atoms with Gasteiger partial charge in [0.25, 0.3) is 0 Å². The summed E-state index contributed by atoms with van der Waals surface area (Å²) < 4.78 is 13.6. The van der Waals surface area contributed by atoms with Crippen LogP contribution in [0.25, 0.3) is 0 Å². The van der Waals surface area contributed by atoms with Crippen LogP contribution < -0.4 is 5.73 Å². The fourth-order valence-corrected chi connectivity index (χ4v) is 2.56. The maximum Gasteiger partial charge on any atom is 0.129 e. The number of rotatable bonds is 3. The zero-order valence-corrected chi connectivity index (χ0v) is 12.0. The minimum atomic E-state index is -0.223. The minimum absolute atomic E-state index is 0. The summed E-state index contributed by atoms with van der Waals surface area (Å²) in [6.45, 7) is 5.29. The van der Waals surface area contributed by atoms with Crippen molar-refractivity contribution in [3.8, 4) is 0 Å². The van der Waals surface area contributed by atoms with Crippen molar-refractivity contribution in [3.63, 3.8) is 0 Å². The van der Waals surface area contributed by atoms with Crippen LogP contribution in [0, 0.1) is 11.2 Å². The van der Waals surface area contributed by atoms with Gasteiger partial charge in [-0.25, -0.2) is 4.39 Å². The molecule has 1 fully saturated rings. The van der Waals surface area contributed by atoms with Crippen molar-refractivity contribution in [1.82, 2.24) is 4.90 Å². The summed E-state index contributed by atoms with van der Waals surface area (Å²) in [5, 5.41) is 0.506. The molecule has 1 aromatic rings. The maximum absolute atomic E-state index is 13.6. The molecule has 0 bridgehead atoms. The Morgan fingerprint density at radius 1 is 1.50 bits per heavy atom. The summed E-state index contributed by atoms with van der Waals surface area (Å²) >= 11 is 6.02. The van der Waals surface area contributed by atoms with Crippen LogP contribution in [0.5, 0.6) is 0 Å². The average Bonchev–Trinajstić information content (AvgIpc) is 2.67. The molecule has 1 saturated heterocycles. The number of likely N-dealkylation sites (tertiary alicyclic amines) is 1. The lowest BCUT2D eigenvalue weighted by molar-refractivity contribution is 0.271. The fraction of sp³-hybridized carbons (Fsp3) is 0.538. The lowest BCUT2D eigenvalue weighted by Crippen LogP contribution is -2.31. The van der Waals surface area contributed by atoms with Crippen molar-refractivity contribution >= 4 is 24.0 Å². The maximum atomic E-state index is 13.6. The van der Waals surface area contributed by atoms with Crippen LogP contribution in [0.15, 0.2) is 18.2 Å². The Bertz CT molecular complexity index is 394. The van der Waals surface area contributed by atoms with Gasteiger partial charge in [-0.05, 0) is 37.1 Å². The molecule has 18 heavy (non-hydrogen) atoms. The van der Waals surface area contributed by atoms with E-state index in [0.717, 1.165) is 19.5 Å². The van der Waals surface area contributed by atoms with Crippen molar-refractivity contribution in [3.05, 3.63) is 34.6 Å². The molecule has 1 aliphatic rings.